The second kappa shape index (κ2) is 8.62. The second-order valence-electron chi connectivity index (χ2n) is 8.82. The molecular weight excluding hydrogens is 380 g/mol. The monoisotopic (exact) mass is 414 g/mol. The zero-order valence-corrected chi connectivity index (χ0v) is 19.3. The molecule has 4 nitrogen and oxygen atoms in total. The molecule has 2 aliphatic rings. The summed E-state index contributed by atoms with van der Waals surface area (Å²) >= 11 is 0. The molecule has 31 heavy (non-hydrogen) atoms. The van der Waals surface area contributed by atoms with Crippen molar-refractivity contribution in [2.75, 3.05) is 25.5 Å². The zero-order chi connectivity index (χ0) is 22.1. The van der Waals surface area contributed by atoms with Gasteiger partial charge < -0.3 is 15.1 Å². The molecule has 0 spiro atoms. The molecule has 0 aromatic heterocycles. The minimum atomic E-state index is 0.0942. The molecule has 0 bridgehead atoms. The fourth-order valence-electron chi connectivity index (χ4n) is 4.72. The van der Waals surface area contributed by atoms with Crippen LogP contribution in [0.25, 0.3) is 11.8 Å². The van der Waals surface area contributed by atoms with Crippen molar-refractivity contribution < 1.29 is 0 Å². The van der Waals surface area contributed by atoms with E-state index < -0.39 is 0 Å². The van der Waals surface area contributed by atoms with Crippen LogP contribution in [-0.4, -0.2) is 35.9 Å². The van der Waals surface area contributed by atoms with E-state index in [4.69, 9.17) is 4.99 Å². The average Bonchev–Trinajstić information content (AvgIpc) is 2.77. The molecular formula is C27H34N4. The molecule has 1 N–H and O–H groups in total. The lowest BCUT2D eigenvalue weighted by Gasteiger charge is -2.38. The molecule has 2 heterocycles. The molecule has 0 radical (unpaired) electrons. The van der Waals surface area contributed by atoms with Crippen molar-refractivity contribution in [3.05, 3.63) is 71.3 Å². The second-order valence-corrected chi connectivity index (χ2v) is 8.82. The fourth-order valence-corrected chi connectivity index (χ4v) is 4.72. The van der Waals surface area contributed by atoms with Crippen LogP contribution >= 0.6 is 0 Å². The van der Waals surface area contributed by atoms with E-state index in [1.54, 1.807) is 0 Å². The molecule has 2 aromatic rings. The highest BCUT2D eigenvalue weighted by molar-refractivity contribution is 5.97. The van der Waals surface area contributed by atoms with E-state index in [1.807, 2.05) is 6.08 Å². The van der Waals surface area contributed by atoms with Gasteiger partial charge in [0.25, 0.3) is 0 Å². The molecule has 2 aromatic carbocycles. The topological polar surface area (TPSA) is 30.9 Å². The van der Waals surface area contributed by atoms with Crippen LogP contribution in [-0.2, 0) is 0 Å². The number of nitrogens with zero attached hydrogens (tertiary/aromatic N) is 3. The zero-order valence-electron chi connectivity index (χ0n) is 19.3. The van der Waals surface area contributed by atoms with Crippen LogP contribution in [0.2, 0.25) is 0 Å². The normalized spacial score (nSPS) is 17.2. The van der Waals surface area contributed by atoms with Gasteiger partial charge in [0.15, 0.2) is 0 Å². The number of aliphatic imine (C=N–C) groups is 1. The van der Waals surface area contributed by atoms with Crippen LogP contribution in [0.5, 0.6) is 0 Å². The molecule has 0 saturated carbocycles. The minimum absolute atomic E-state index is 0.0942. The summed E-state index contributed by atoms with van der Waals surface area (Å²) in [7, 11) is 2.09. The summed E-state index contributed by atoms with van der Waals surface area (Å²) < 4.78 is 0. The number of guanidine groups is 1. The number of hydrogen-bond donors (Lipinski definition) is 1. The maximum Gasteiger partial charge on any atom is 0.206 e. The molecule has 0 amide bonds. The van der Waals surface area contributed by atoms with Crippen molar-refractivity contribution >= 4 is 29.1 Å². The predicted molar refractivity (Wildman–Crippen MR) is 134 cm³/mol. The van der Waals surface area contributed by atoms with Gasteiger partial charge in [0.1, 0.15) is 0 Å². The Morgan fingerprint density at radius 3 is 2.58 bits per heavy atom. The number of aryl methyl sites for hydroxylation is 2. The average molecular weight is 415 g/mol. The maximum absolute atomic E-state index is 5.21. The number of hydrogen-bond acceptors (Lipinski definition) is 4. The summed E-state index contributed by atoms with van der Waals surface area (Å²) in [5.41, 5.74) is 9.09. The number of piperidine rings is 1. The van der Waals surface area contributed by atoms with Gasteiger partial charge in [0, 0.05) is 42.6 Å². The smallest absolute Gasteiger partial charge is 0.206 e. The van der Waals surface area contributed by atoms with Gasteiger partial charge in [0.05, 0.1) is 11.7 Å². The maximum atomic E-state index is 5.21. The van der Waals surface area contributed by atoms with Crippen molar-refractivity contribution in [2.45, 2.75) is 46.1 Å². The third-order valence-electron chi connectivity index (χ3n) is 6.52. The first-order valence-corrected chi connectivity index (χ1v) is 11.3. The van der Waals surface area contributed by atoms with E-state index in [1.165, 1.54) is 36.0 Å². The Morgan fingerprint density at radius 1 is 1.13 bits per heavy atom. The van der Waals surface area contributed by atoms with Crippen molar-refractivity contribution in [2.24, 2.45) is 4.99 Å². The van der Waals surface area contributed by atoms with Gasteiger partial charge in [-0.2, -0.15) is 0 Å². The lowest BCUT2D eigenvalue weighted by molar-refractivity contribution is 0.316. The standard InChI is InChI=1S/C27H34N4/c1-7-22-19(3)12-11-13-25(22)28-20(4)23-16-18(2)17-24-21(5)30(6)27(29-26(23)24)31-14-9-8-10-15-31/h7,11-13,16-17,20,28H,1,5,8-10,14-15H2,2-4,6H3. The van der Waals surface area contributed by atoms with Gasteiger partial charge in [-0.25, -0.2) is 4.99 Å². The number of anilines is 1. The highest BCUT2D eigenvalue weighted by Gasteiger charge is 2.28. The van der Waals surface area contributed by atoms with Crippen LogP contribution in [0.1, 0.15) is 60.0 Å². The van der Waals surface area contributed by atoms with Gasteiger partial charge in [-0.3, -0.25) is 0 Å². The summed E-state index contributed by atoms with van der Waals surface area (Å²) in [6.45, 7) is 17.0. The molecule has 0 aliphatic carbocycles. The van der Waals surface area contributed by atoms with E-state index in [-0.39, 0.29) is 6.04 Å². The highest BCUT2D eigenvalue weighted by Crippen LogP contribution is 2.40. The molecule has 4 heteroatoms. The molecule has 1 unspecified atom stereocenters. The summed E-state index contributed by atoms with van der Waals surface area (Å²) in [6, 6.07) is 10.9. The van der Waals surface area contributed by atoms with Crippen molar-refractivity contribution in [1.82, 2.24) is 9.80 Å². The van der Waals surface area contributed by atoms with Gasteiger partial charge in [-0.15, -0.1) is 0 Å². The lowest BCUT2D eigenvalue weighted by Crippen LogP contribution is -2.45. The first kappa shape index (κ1) is 21.2. The molecule has 1 fully saturated rings. The first-order chi connectivity index (χ1) is 14.9. The SMILES string of the molecule is C=Cc1c(C)cccc1NC(C)c1cc(C)cc2c1N=C(N1CCCCC1)N(C)C2=C. The Morgan fingerprint density at radius 2 is 1.87 bits per heavy atom. The summed E-state index contributed by atoms with van der Waals surface area (Å²) in [6.07, 6.45) is 5.68. The van der Waals surface area contributed by atoms with Gasteiger partial charge >= 0.3 is 0 Å². The number of nitrogens with one attached hydrogen (secondary N) is 1. The Kier molecular flexibility index (Phi) is 5.90. The molecule has 4 rings (SSSR count). The summed E-state index contributed by atoms with van der Waals surface area (Å²) in [5, 5.41) is 3.72. The van der Waals surface area contributed by atoms with E-state index >= 15 is 0 Å². The summed E-state index contributed by atoms with van der Waals surface area (Å²) in [4.78, 5) is 9.78. The molecule has 1 atom stereocenters. The van der Waals surface area contributed by atoms with Crippen LogP contribution in [0.3, 0.4) is 0 Å². The largest absolute Gasteiger partial charge is 0.378 e. The Balaban J connectivity index is 1.76. The van der Waals surface area contributed by atoms with Crippen LogP contribution in [0.15, 0.2) is 48.5 Å². The van der Waals surface area contributed by atoms with Crippen LogP contribution in [0.4, 0.5) is 11.4 Å². The lowest BCUT2D eigenvalue weighted by atomic mass is 9.95. The Labute approximate surface area is 187 Å². The van der Waals surface area contributed by atoms with Gasteiger partial charge in [-0.05, 0) is 68.9 Å². The van der Waals surface area contributed by atoms with Crippen molar-refractivity contribution in [3.63, 3.8) is 0 Å². The number of fused-ring (bicyclic) bond motifs is 1. The van der Waals surface area contributed by atoms with Crippen LogP contribution < -0.4 is 5.32 Å². The Bertz CT molecular complexity index is 1040. The quantitative estimate of drug-likeness (QED) is 0.619. The number of likely N-dealkylation sites (tertiary alicyclic amines) is 1. The molecule has 2 aliphatic heterocycles. The molecule has 1 saturated heterocycles. The van der Waals surface area contributed by atoms with E-state index in [0.29, 0.717) is 0 Å². The van der Waals surface area contributed by atoms with Gasteiger partial charge in [0.2, 0.25) is 5.96 Å². The van der Waals surface area contributed by atoms with E-state index in [2.05, 4.69) is 86.4 Å². The van der Waals surface area contributed by atoms with Crippen molar-refractivity contribution in [3.8, 4) is 0 Å². The third-order valence-corrected chi connectivity index (χ3v) is 6.52. The predicted octanol–water partition coefficient (Wildman–Crippen LogP) is 6.51. The third kappa shape index (κ3) is 3.99. The van der Waals surface area contributed by atoms with E-state index in [0.717, 1.165) is 47.2 Å². The number of rotatable bonds is 4. The minimum Gasteiger partial charge on any atom is -0.378 e. The summed E-state index contributed by atoms with van der Waals surface area (Å²) in [5.74, 6) is 1.02. The fraction of sp³-hybridized carbons (Fsp3) is 0.370. The Hall–Kier alpha value is -3.01. The van der Waals surface area contributed by atoms with Crippen molar-refractivity contribution in [1.29, 1.82) is 0 Å². The van der Waals surface area contributed by atoms with E-state index in [9.17, 15) is 0 Å². The first-order valence-electron chi connectivity index (χ1n) is 11.3. The van der Waals surface area contributed by atoms with Gasteiger partial charge in [-0.1, -0.05) is 37.4 Å². The van der Waals surface area contributed by atoms with Crippen LogP contribution in [0, 0.1) is 13.8 Å². The molecule has 162 valence electrons. The highest BCUT2D eigenvalue weighted by atomic mass is 15.4. The number of benzene rings is 2.